The maximum absolute atomic E-state index is 12.0. The molecule has 1 atom stereocenters. The van der Waals surface area contributed by atoms with Gasteiger partial charge in [-0.15, -0.1) is 0 Å². The van der Waals surface area contributed by atoms with E-state index < -0.39 is 0 Å². The number of ether oxygens (including phenoxy) is 1. The molecular weight excluding hydrogens is 352 g/mol. The summed E-state index contributed by atoms with van der Waals surface area (Å²) in [6, 6.07) is 15.2. The first kappa shape index (κ1) is 21.8. The molecule has 0 aliphatic rings. The number of anilines is 1. The van der Waals surface area contributed by atoms with E-state index in [2.05, 4.69) is 29.7 Å². The zero-order chi connectivity index (χ0) is 20.2. The summed E-state index contributed by atoms with van der Waals surface area (Å²) in [6.07, 6.45) is 4.79. The van der Waals surface area contributed by atoms with Crippen LogP contribution in [0, 0.1) is 0 Å². The average molecular weight is 385 g/mol. The van der Waals surface area contributed by atoms with Gasteiger partial charge in [-0.25, -0.2) is 0 Å². The number of rotatable bonds is 12. The van der Waals surface area contributed by atoms with Gasteiger partial charge in [0, 0.05) is 23.8 Å². The standard InChI is InChI=1S/C23H32N2O3/c1-3-4-5-6-14-28-22-9-7-8-19(15-22)16-24-21-12-10-20(11-13-21)23(27)25-18(2)17-26/h7-13,15,18,24,26H,3-6,14,16-17H2,1-2H3,(H,25,27). The van der Waals surface area contributed by atoms with Crippen LogP contribution in [0.15, 0.2) is 48.5 Å². The van der Waals surface area contributed by atoms with E-state index in [1.165, 1.54) is 19.3 Å². The largest absolute Gasteiger partial charge is 0.494 e. The second kappa shape index (κ2) is 12.0. The summed E-state index contributed by atoms with van der Waals surface area (Å²) in [5.41, 5.74) is 2.66. The maximum atomic E-state index is 12.0. The van der Waals surface area contributed by atoms with E-state index in [9.17, 15) is 4.79 Å². The Morgan fingerprint density at radius 3 is 2.61 bits per heavy atom. The van der Waals surface area contributed by atoms with Crippen LogP contribution in [-0.4, -0.2) is 30.3 Å². The van der Waals surface area contributed by atoms with Crippen LogP contribution in [0.3, 0.4) is 0 Å². The zero-order valence-electron chi connectivity index (χ0n) is 16.9. The molecule has 0 fully saturated rings. The monoisotopic (exact) mass is 384 g/mol. The molecule has 0 bridgehead atoms. The van der Waals surface area contributed by atoms with Crippen molar-refractivity contribution in [2.45, 2.75) is 52.1 Å². The topological polar surface area (TPSA) is 70.6 Å². The van der Waals surface area contributed by atoms with Crippen molar-refractivity contribution >= 4 is 11.6 Å². The molecule has 1 amide bonds. The van der Waals surface area contributed by atoms with E-state index in [-0.39, 0.29) is 18.6 Å². The van der Waals surface area contributed by atoms with E-state index in [1.807, 2.05) is 24.3 Å². The molecule has 0 radical (unpaired) electrons. The fraction of sp³-hybridized carbons (Fsp3) is 0.435. The number of aliphatic hydroxyl groups excluding tert-OH is 1. The van der Waals surface area contributed by atoms with Crippen molar-refractivity contribution in [3.63, 3.8) is 0 Å². The fourth-order valence-corrected chi connectivity index (χ4v) is 2.76. The van der Waals surface area contributed by atoms with Crippen LogP contribution in [-0.2, 0) is 6.54 Å². The van der Waals surface area contributed by atoms with Crippen molar-refractivity contribution < 1.29 is 14.6 Å². The van der Waals surface area contributed by atoms with Crippen LogP contribution < -0.4 is 15.4 Å². The molecule has 5 heteroatoms. The molecule has 0 aromatic heterocycles. The number of amides is 1. The van der Waals surface area contributed by atoms with Crippen LogP contribution in [0.4, 0.5) is 5.69 Å². The van der Waals surface area contributed by atoms with Crippen LogP contribution in [0.25, 0.3) is 0 Å². The third-order valence-corrected chi connectivity index (χ3v) is 4.46. The van der Waals surface area contributed by atoms with Gasteiger partial charge in [-0.1, -0.05) is 38.3 Å². The second-order valence-electron chi connectivity index (χ2n) is 7.04. The number of carbonyl (C=O) groups is 1. The van der Waals surface area contributed by atoms with Gasteiger partial charge in [0.2, 0.25) is 0 Å². The summed E-state index contributed by atoms with van der Waals surface area (Å²) in [7, 11) is 0. The Morgan fingerprint density at radius 1 is 1.11 bits per heavy atom. The lowest BCUT2D eigenvalue weighted by atomic mass is 10.1. The van der Waals surface area contributed by atoms with Gasteiger partial charge in [0.05, 0.1) is 13.2 Å². The van der Waals surface area contributed by atoms with Gasteiger partial charge in [0.15, 0.2) is 0 Å². The van der Waals surface area contributed by atoms with Crippen LogP contribution in [0.1, 0.15) is 55.5 Å². The molecule has 0 aliphatic carbocycles. The van der Waals surface area contributed by atoms with Crippen molar-refractivity contribution in [1.82, 2.24) is 5.32 Å². The van der Waals surface area contributed by atoms with Gasteiger partial charge in [0.25, 0.3) is 5.91 Å². The van der Waals surface area contributed by atoms with Gasteiger partial charge in [-0.2, -0.15) is 0 Å². The smallest absolute Gasteiger partial charge is 0.251 e. The zero-order valence-corrected chi connectivity index (χ0v) is 16.9. The first-order chi connectivity index (χ1) is 13.6. The molecule has 0 spiro atoms. The van der Waals surface area contributed by atoms with Crippen molar-refractivity contribution in [2.75, 3.05) is 18.5 Å². The van der Waals surface area contributed by atoms with Crippen molar-refractivity contribution in [1.29, 1.82) is 0 Å². The maximum Gasteiger partial charge on any atom is 0.251 e. The van der Waals surface area contributed by atoms with E-state index >= 15 is 0 Å². The lowest BCUT2D eigenvalue weighted by Crippen LogP contribution is -2.34. The molecule has 2 rings (SSSR count). The highest BCUT2D eigenvalue weighted by molar-refractivity contribution is 5.94. The molecule has 5 nitrogen and oxygen atoms in total. The number of aliphatic hydroxyl groups is 1. The molecule has 1 unspecified atom stereocenters. The number of hydrogen-bond acceptors (Lipinski definition) is 4. The van der Waals surface area contributed by atoms with E-state index in [0.717, 1.165) is 30.0 Å². The summed E-state index contributed by atoms with van der Waals surface area (Å²) in [5, 5.41) is 15.1. The highest BCUT2D eigenvalue weighted by atomic mass is 16.5. The summed E-state index contributed by atoms with van der Waals surface area (Å²) in [5.74, 6) is 0.720. The van der Waals surface area contributed by atoms with E-state index in [1.54, 1.807) is 19.1 Å². The SMILES string of the molecule is CCCCCCOc1cccc(CNc2ccc(C(=O)NC(C)CO)cc2)c1. The molecule has 0 aliphatic heterocycles. The highest BCUT2D eigenvalue weighted by Crippen LogP contribution is 2.16. The predicted molar refractivity (Wildman–Crippen MR) is 114 cm³/mol. The first-order valence-electron chi connectivity index (χ1n) is 10.1. The number of nitrogens with one attached hydrogen (secondary N) is 2. The molecule has 0 saturated heterocycles. The van der Waals surface area contributed by atoms with E-state index in [4.69, 9.17) is 9.84 Å². The van der Waals surface area contributed by atoms with Gasteiger partial charge in [-0.3, -0.25) is 4.79 Å². The van der Waals surface area contributed by atoms with Gasteiger partial charge in [-0.05, 0) is 55.3 Å². The van der Waals surface area contributed by atoms with Gasteiger partial charge >= 0.3 is 0 Å². The molecule has 152 valence electrons. The lowest BCUT2D eigenvalue weighted by molar-refractivity contribution is 0.0922. The van der Waals surface area contributed by atoms with E-state index in [0.29, 0.717) is 12.1 Å². The Morgan fingerprint density at radius 2 is 1.89 bits per heavy atom. The molecule has 28 heavy (non-hydrogen) atoms. The number of unbranched alkanes of at least 4 members (excludes halogenated alkanes) is 3. The lowest BCUT2D eigenvalue weighted by Gasteiger charge is -2.12. The minimum Gasteiger partial charge on any atom is -0.494 e. The Labute approximate surface area is 168 Å². The fourth-order valence-electron chi connectivity index (χ4n) is 2.76. The van der Waals surface area contributed by atoms with Crippen LogP contribution in [0.5, 0.6) is 5.75 Å². The third kappa shape index (κ3) is 7.61. The summed E-state index contributed by atoms with van der Waals surface area (Å²) in [6.45, 7) is 5.33. The first-order valence-corrected chi connectivity index (χ1v) is 10.1. The second-order valence-corrected chi connectivity index (χ2v) is 7.04. The molecule has 2 aromatic carbocycles. The quantitative estimate of drug-likeness (QED) is 0.475. The molecule has 3 N–H and O–H groups in total. The molecule has 0 saturated carbocycles. The van der Waals surface area contributed by atoms with Crippen molar-refractivity contribution in [3.05, 3.63) is 59.7 Å². The predicted octanol–water partition coefficient (Wildman–Crippen LogP) is 4.37. The number of hydrogen-bond donors (Lipinski definition) is 3. The summed E-state index contributed by atoms with van der Waals surface area (Å²) < 4.78 is 5.84. The van der Waals surface area contributed by atoms with Crippen molar-refractivity contribution in [3.8, 4) is 5.75 Å². The Hall–Kier alpha value is -2.53. The molecule has 2 aromatic rings. The van der Waals surface area contributed by atoms with Crippen LogP contribution in [0.2, 0.25) is 0 Å². The summed E-state index contributed by atoms with van der Waals surface area (Å²) >= 11 is 0. The minimum absolute atomic E-state index is 0.0765. The Kier molecular flexibility index (Phi) is 9.35. The normalized spacial score (nSPS) is 11.7. The molecule has 0 heterocycles. The van der Waals surface area contributed by atoms with Crippen LogP contribution >= 0.6 is 0 Å². The third-order valence-electron chi connectivity index (χ3n) is 4.46. The van der Waals surface area contributed by atoms with Gasteiger partial charge < -0.3 is 20.5 Å². The minimum atomic E-state index is -0.258. The molecular formula is C23H32N2O3. The Balaban J connectivity index is 1.81. The Bertz CT molecular complexity index is 716. The summed E-state index contributed by atoms with van der Waals surface area (Å²) in [4.78, 5) is 12.0. The van der Waals surface area contributed by atoms with Gasteiger partial charge in [0.1, 0.15) is 5.75 Å². The number of benzene rings is 2. The van der Waals surface area contributed by atoms with Crippen molar-refractivity contribution in [2.24, 2.45) is 0 Å². The number of carbonyl (C=O) groups excluding carboxylic acids is 1. The highest BCUT2D eigenvalue weighted by Gasteiger charge is 2.08. The average Bonchev–Trinajstić information content (AvgIpc) is 2.72.